The van der Waals surface area contributed by atoms with Crippen molar-refractivity contribution in [1.29, 1.82) is 0 Å². The van der Waals surface area contributed by atoms with E-state index in [-0.39, 0.29) is 23.4 Å². The van der Waals surface area contributed by atoms with Gasteiger partial charge in [-0.15, -0.1) is 11.3 Å². The first kappa shape index (κ1) is 23.8. The molecule has 1 aromatic carbocycles. The molecule has 8 heteroatoms. The Bertz CT molecular complexity index is 953. The molecule has 2 fully saturated rings. The van der Waals surface area contributed by atoms with E-state index in [0.717, 1.165) is 31.1 Å². The standard InChI is InChI=1S/C25H31F2N3O2S/c1-17-6-10-29(11-7-17)22(23-3-2-14-33-23)16-28-24(31)18-8-12-30(13-9-18)25(32)20-5-4-19(26)15-21(20)27/h2-5,14-15,17-18,22H,6-13,16H2,1H3,(H,28,31). The minimum Gasteiger partial charge on any atom is -0.354 e. The van der Waals surface area contributed by atoms with Gasteiger partial charge in [0.1, 0.15) is 11.6 Å². The Morgan fingerprint density at radius 1 is 1.09 bits per heavy atom. The van der Waals surface area contributed by atoms with Gasteiger partial charge in [0.05, 0.1) is 11.6 Å². The molecule has 1 N–H and O–H groups in total. The molecule has 2 aromatic rings. The van der Waals surface area contributed by atoms with E-state index in [2.05, 4.69) is 34.7 Å². The van der Waals surface area contributed by atoms with Gasteiger partial charge in [-0.1, -0.05) is 13.0 Å². The number of piperidine rings is 2. The molecule has 2 amide bonds. The third-order valence-corrected chi connectivity index (χ3v) is 7.89. The molecule has 33 heavy (non-hydrogen) atoms. The van der Waals surface area contributed by atoms with Gasteiger partial charge in [-0.05, 0) is 68.3 Å². The number of benzene rings is 1. The number of carbonyl (C=O) groups excluding carboxylic acids is 2. The Labute approximate surface area is 197 Å². The van der Waals surface area contributed by atoms with Crippen molar-refractivity contribution in [1.82, 2.24) is 15.1 Å². The average Bonchev–Trinajstić information content (AvgIpc) is 3.34. The molecule has 3 heterocycles. The molecule has 5 nitrogen and oxygen atoms in total. The van der Waals surface area contributed by atoms with Gasteiger partial charge in [0.15, 0.2) is 0 Å². The lowest BCUT2D eigenvalue weighted by atomic mass is 9.95. The number of thiophene rings is 1. The smallest absolute Gasteiger partial charge is 0.256 e. The largest absolute Gasteiger partial charge is 0.354 e. The summed E-state index contributed by atoms with van der Waals surface area (Å²) in [5, 5.41) is 5.24. The van der Waals surface area contributed by atoms with Crippen molar-refractivity contribution in [2.75, 3.05) is 32.7 Å². The summed E-state index contributed by atoms with van der Waals surface area (Å²) in [6.07, 6.45) is 3.42. The summed E-state index contributed by atoms with van der Waals surface area (Å²) in [6, 6.07) is 7.36. The molecular weight excluding hydrogens is 444 g/mol. The number of nitrogens with zero attached hydrogens (tertiary/aromatic N) is 2. The van der Waals surface area contributed by atoms with Crippen LogP contribution in [0.5, 0.6) is 0 Å². The number of carbonyl (C=O) groups is 2. The van der Waals surface area contributed by atoms with E-state index in [1.807, 2.05) is 0 Å². The number of amides is 2. The number of nitrogens with one attached hydrogen (secondary N) is 1. The summed E-state index contributed by atoms with van der Waals surface area (Å²) in [5.41, 5.74) is -0.131. The predicted octanol–water partition coefficient (Wildman–Crippen LogP) is 4.47. The molecule has 178 valence electrons. The number of likely N-dealkylation sites (tertiary alicyclic amines) is 2. The van der Waals surface area contributed by atoms with Crippen molar-refractivity contribution < 1.29 is 18.4 Å². The lowest BCUT2D eigenvalue weighted by Gasteiger charge is -2.37. The molecule has 0 aliphatic carbocycles. The van der Waals surface area contributed by atoms with E-state index < -0.39 is 17.5 Å². The van der Waals surface area contributed by atoms with Gasteiger partial charge in [0.2, 0.25) is 5.91 Å². The van der Waals surface area contributed by atoms with E-state index in [4.69, 9.17) is 0 Å². The fraction of sp³-hybridized carbons (Fsp3) is 0.520. The van der Waals surface area contributed by atoms with Crippen molar-refractivity contribution in [2.24, 2.45) is 11.8 Å². The van der Waals surface area contributed by atoms with Crippen LogP contribution in [0, 0.1) is 23.5 Å². The lowest BCUT2D eigenvalue weighted by Crippen LogP contribution is -2.46. The molecule has 4 rings (SSSR count). The Hall–Kier alpha value is -2.32. The summed E-state index contributed by atoms with van der Waals surface area (Å²) in [7, 11) is 0. The molecular formula is C25H31F2N3O2S. The average molecular weight is 476 g/mol. The Balaban J connectivity index is 1.30. The van der Waals surface area contributed by atoms with Crippen LogP contribution in [0.1, 0.15) is 53.9 Å². The topological polar surface area (TPSA) is 52.7 Å². The quantitative estimate of drug-likeness (QED) is 0.671. The number of hydrogen-bond acceptors (Lipinski definition) is 4. The van der Waals surface area contributed by atoms with Crippen LogP contribution in [0.15, 0.2) is 35.7 Å². The molecule has 2 aliphatic rings. The summed E-state index contributed by atoms with van der Waals surface area (Å²) >= 11 is 1.72. The Morgan fingerprint density at radius 3 is 2.45 bits per heavy atom. The van der Waals surface area contributed by atoms with Crippen LogP contribution in [-0.2, 0) is 4.79 Å². The third kappa shape index (κ3) is 5.79. The maximum atomic E-state index is 14.0. The van der Waals surface area contributed by atoms with Crippen LogP contribution in [0.3, 0.4) is 0 Å². The Kier molecular flexibility index (Phi) is 7.75. The predicted molar refractivity (Wildman–Crippen MR) is 125 cm³/mol. The van der Waals surface area contributed by atoms with Crippen LogP contribution >= 0.6 is 11.3 Å². The van der Waals surface area contributed by atoms with E-state index in [0.29, 0.717) is 32.5 Å². The third-order valence-electron chi connectivity index (χ3n) is 6.91. The van der Waals surface area contributed by atoms with Gasteiger partial charge in [0, 0.05) is 36.5 Å². The van der Waals surface area contributed by atoms with Crippen LogP contribution in [0.4, 0.5) is 8.78 Å². The highest BCUT2D eigenvalue weighted by Crippen LogP contribution is 2.29. The molecule has 0 spiro atoms. The lowest BCUT2D eigenvalue weighted by molar-refractivity contribution is -0.126. The van der Waals surface area contributed by atoms with Crippen molar-refractivity contribution in [2.45, 2.75) is 38.6 Å². The maximum Gasteiger partial charge on any atom is 0.256 e. The highest BCUT2D eigenvalue weighted by atomic mass is 32.1. The van der Waals surface area contributed by atoms with Gasteiger partial charge < -0.3 is 10.2 Å². The number of hydrogen-bond donors (Lipinski definition) is 1. The van der Waals surface area contributed by atoms with Crippen LogP contribution in [-0.4, -0.2) is 54.3 Å². The van der Waals surface area contributed by atoms with Gasteiger partial charge in [-0.25, -0.2) is 8.78 Å². The van der Waals surface area contributed by atoms with Gasteiger partial charge >= 0.3 is 0 Å². The maximum absolute atomic E-state index is 14.0. The number of halogens is 2. The van der Waals surface area contributed by atoms with Gasteiger partial charge in [-0.2, -0.15) is 0 Å². The fourth-order valence-electron chi connectivity index (χ4n) is 4.75. The summed E-state index contributed by atoms with van der Waals surface area (Å²) in [6.45, 7) is 5.72. The first-order valence-corrected chi connectivity index (χ1v) is 12.6. The van der Waals surface area contributed by atoms with E-state index >= 15 is 0 Å². The molecule has 1 unspecified atom stereocenters. The monoisotopic (exact) mass is 475 g/mol. The van der Waals surface area contributed by atoms with E-state index in [1.165, 1.54) is 23.8 Å². The minimum absolute atomic E-state index is 0.0157. The molecule has 0 bridgehead atoms. The van der Waals surface area contributed by atoms with Crippen LogP contribution in [0.2, 0.25) is 0 Å². The molecule has 1 aromatic heterocycles. The van der Waals surface area contributed by atoms with E-state index in [9.17, 15) is 18.4 Å². The van der Waals surface area contributed by atoms with Crippen molar-refractivity contribution in [3.05, 3.63) is 57.8 Å². The van der Waals surface area contributed by atoms with Gasteiger partial charge in [-0.3, -0.25) is 14.5 Å². The first-order chi connectivity index (χ1) is 15.9. The second-order valence-corrected chi connectivity index (χ2v) is 10.2. The second-order valence-electron chi connectivity index (χ2n) is 9.19. The molecule has 0 radical (unpaired) electrons. The zero-order valence-corrected chi connectivity index (χ0v) is 19.8. The van der Waals surface area contributed by atoms with Gasteiger partial charge in [0.25, 0.3) is 5.91 Å². The summed E-state index contributed by atoms with van der Waals surface area (Å²) < 4.78 is 27.1. The summed E-state index contributed by atoms with van der Waals surface area (Å²) in [4.78, 5) is 30.8. The second kappa shape index (κ2) is 10.7. The number of rotatable bonds is 6. The molecule has 2 saturated heterocycles. The highest BCUT2D eigenvalue weighted by molar-refractivity contribution is 7.10. The molecule has 0 saturated carbocycles. The normalized spacial score (nSPS) is 19.4. The Morgan fingerprint density at radius 2 is 1.82 bits per heavy atom. The zero-order valence-electron chi connectivity index (χ0n) is 18.9. The van der Waals surface area contributed by atoms with E-state index in [1.54, 1.807) is 16.2 Å². The fourth-order valence-corrected chi connectivity index (χ4v) is 5.61. The first-order valence-electron chi connectivity index (χ1n) is 11.7. The molecule has 2 aliphatic heterocycles. The zero-order chi connectivity index (χ0) is 23.4. The van der Waals surface area contributed by atoms with Crippen molar-refractivity contribution in [3.63, 3.8) is 0 Å². The summed E-state index contributed by atoms with van der Waals surface area (Å²) in [5.74, 6) is -1.43. The van der Waals surface area contributed by atoms with Crippen molar-refractivity contribution in [3.8, 4) is 0 Å². The highest BCUT2D eigenvalue weighted by Gasteiger charge is 2.30. The van der Waals surface area contributed by atoms with Crippen LogP contribution < -0.4 is 5.32 Å². The molecule has 1 atom stereocenters. The van der Waals surface area contributed by atoms with Crippen molar-refractivity contribution >= 4 is 23.2 Å². The van der Waals surface area contributed by atoms with Crippen LogP contribution in [0.25, 0.3) is 0 Å². The SMILES string of the molecule is CC1CCN(C(CNC(=O)C2CCN(C(=O)c3ccc(F)cc3F)CC2)c2cccs2)CC1. The minimum atomic E-state index is -0.855.